The summed E-state index contributed by atoms with van der Waals surface area (Å²) in [5.41, 5.74) is 9.86. The van der Waals surface area contributed by atoms with Gasteiger partial charge in [0.2, 0.25) is 0 Å². The van der Waals surface area contributed by atoms with Crippen molar-refractivity contribution < 1.29 is 9.53 Å². The van der Waals surface area contributed by atoms with Gasteiger partial charge in [0.25, 0.3) is 5.91 Å². The molecule has 0 heterocycles. The largest absolute Gasteiger partial charge is 0.384 e. The molecule has 0 bridgehead atoms. The molecule has 0 rings (SSSR count). The zero-order valence-electron chi connectivity index (χ0n) is 5.83. The van der Waals surface area contributed by atoms with Gasteiger partial charge in [0.15, 0.2) is 5.96 Å². The summed E-state index contributed by atoms with van der Waals surface area (Å²) in [5, 5.41) is 0. The van der Waals surface area contributed by atoms with E-state index in [1.165, 1.54) is 7.11 Å². The van der Waals surface area contributed by atoms with Gasteiger partial charge in [-0.25, -0.2) is 0 Å². The van der Waals surface area contributed by atoms with Gasteiger partial charge >= 0.3 is 0 Å². The van der Waals surface area contributed by atoms with E-state index in [1.54, 1.807) is 0 Å². The van der Waals surface area contributed by atoms with Crippen LogP contribution in [0, 0.1) is 0 Å². The Balaban J connectivity index is 3.54. The number of guanidine groups is 1. The molecule has 0 aromatic heterocycles. The molecule has 0 saturated heterocycles. The minimum absolute atomic E-state index is 0.207. The van der Waals surface area contributed by atoms with Crippen molar-refractivity contribution in [2.45, 2.75) is 6.42 Å². The Morgan fingerprint density at radius 1 is 1.60 bits per heavy atom. The molecular weight excluding hydrogens is 134 g/mol. The first-order chi connectivity index (χ1) is 4.66. The fourth-order valence-electron chi connectivity index (χ4n) is 0.389. The lowest BCUT2D eigenvalue weighted by Crippen LogP contribution is -2.24. The number of rotatable bonds is 3. The van der Waals surface area contributed by atoms with Gasteiger partial charge in [0.05, 0.1) is 13.0 Å². The maximum Gasteiger partial charge on any atom is 0.251 e. The minimum atomic E-state index is -0.359. The van der Waals surface area contributed by atoms with E-state index in [-0.39, 0.29) is 18.3 Å². The van der Waals surface area contributed by atoms with Crippen molar-refractivity contribution in [1.82, 2.24) is 0 Å². The third-order valence-electron chi connectivity index (χ3n) is 0.774. The lowest BCUT2D eigenvalue weighted by molar-refractivity contribution is -0.118. The van der Waals surface area contributed by atoms with E-state index in [0.717, 1.165) is 0 Å². The second kappa shape index (κ2) is 4.75. The van der Waals surface area contributed by atoms with Gasteiger partial charge in [-0.2, -0.15) is 4.99 Å². The highest BCUT2D eigenvalue weighted by Crippen LogP contribution is 1.83. The predicted octanol–water partition coefficient (Wildman–Crippen LogP) is -1.18. The lowest BCUT2D eigenvalue weighted by Gasteiger charge is -1.93. The number of carbonyl (C=O) groups excluding carboxylic acids is 1. The summed E-state index contributed by atoms with van der Waals surface area (Å²) in [6, 6.07) is 0. The highest BCUT2D eigenvalue weighted by atomic mass is 16.5. The van der Waals surface area contributed by atoms with Crippen LogP contribution < -0.4 is 11.5 Å². The van der Waals surface area contributed by atoms with Crippen LogP contribution in [0.4, 0.5) is 0 Å². The van der Waals surface area contributed by atoms with Crippen LogP contribution in [0.3, 0.4) is 0 Å². The van der Waals surface area contributed by atoms with Crippen LogP contribution in [-0.2, 0) is 9.53 Å². The van der Waals surface area contributed by atoms with Crippen molar-refractivity contribution in [3.8, 4) is 0 Å². The van der Waals surface area contributed by atoms with Gasteiger partial charge < -0.3 is 16.2 Å². The molecule has 0 spiro atoms. The van der Waals surface area contributed by atoms with Crippen LogP contribution in [0.5, 0.6) is 0 Å². The number of aliphatic imine (C=N–C) groups is 1. The zero-order chi connectivity index (χ0) is 7.98. The molecule has 4 N–H and O–H groups in total. The summed E-state index contributed by atoms with van der Waals surface area (Å²) in [5.74, 6) is -0.567. The number of amides is 1. The first kappa shape index (κ1) is 8.90. The van der Waals surface area contributed by atoms with Crippen molar-refractivity contribution in [2.24, 2.45) is 16.5 Å². The maximum absolute atomic E-state index is 10.6. The summed E-state index contributed by atoms with van der Waals surface area (Å²) in [6.07, 6.45) is 0.217. The fraction of sp³-hybridized carbons (Fsp3) is 0.600. The van der Waals surface area contributed by atoms with Crippen molar-refractivity contribution >= 4 is 11.9 Å². The normalized spacial score (nSPS) is 8.90. The molecule has 0 aliphatic rings. The van der Waals surface area contributed by atoms with Gasteiger partial charge in [-0.3, -0.25) is 4.79 Å². The van der Waals surface area contributed by atoms with Crippen molar-refractivity contribution in [2.75, 3.05) is 13.7 Å². The summed E-state index contributed by atoms with van der Waals surface area (Å²) < 4.78 is 4.62. The molecule has 0 aromatic rings. The smallest absolute Gasteiger partial charge is 0.251 e. The molecule has 0 saturated carbocycles. The molecule has 0 aliphatic heterocycles. The minimum Gasteiger partial charge on any atom is -0.384 e. The van der Waals surface area contributed by atoms with E-state index in [4.69, 9.17) is 11.5 Å². The predicted molar refractivity (Wildman–Crippen MR) is 37.3 cm³/mol. The Kier molecular flexibility index (Phi) is 4.23. The first-order valence-electron chi connectivity index (χ1n) is 2.78. The second-order valence-corrected chi connectivity index (χ2v) is 1.67. The molecule has 0 aliphatic carbocycles. The highest BCUT2D eigenvalue weighted by Gasteiger charge is 1.96. The van der Waals surface area contributed by atoms with Gasteiger partial charge in [0, 0.05) is 7.11 Å². The molecule has 0 atom stereocenters. The number of hydrogen-bond acceptors (Lipinski definition) is 2. The number of methoxy groups -OCH3 is 1. The van der Waals surface area contributed by atoms with E-state index in [2.05, 4.69) is 9.73 Å². The molecule has 0 unspecified atom stereocenters. The molecule has 5 heteroatoms. The SMILES string of the molecule is COCCC(=O)N=C(N)N. The number of nitrogens with zero attached hydrogens (tertiary/aromatic N) is 1. The molecule has 0 fully saturated rings. The van der Waals surface area contributed by atoms with E-state index in [1.807, 2.05) is 0 Å². The molecule has 0 aromatic carbocycles. The Hall–Kier alpha value is -1.10. The lowest BCUT2D eigenvalue weighted by atomic mass is 10.4. The van der Waals surface area contributed by atoms with Gasteiger partial charge in [-0.05, 0) is 0 Å². The van der Waals surface area contributed by atoms with Crippen molar-refractivity contribution in [3.63, 3.8) is 0 Å². The Bertz CT molecular complexity index is 140. The monoisotopic (exact) mass is 145 g/mol. The van der Waals surface area contributed by atoms with Crippen molar-refractivity contribution in [1.29, 1.82) is 0 Å². The second-order valence-electron chi connectivity index (χ2n) is 1.67. The third-order valence-corrected chi connectivity index (χ3v) is 0.774. The van der Waals surface area contributed by atoms with Crippen LogP contribution in [0.15, 0.2) is 4.99 Å². The molecular formula is C5H11N3O2. The fourth-order valence-corrected chi connectivity index (χ4v) is 0.389. The highest BCUT2D eigenvalue weighted by molar-refractivity contribution is 5.91. The molecule has 10 heavy (non-hydrogen) atoms. The summed E-state index contributed by atoms with van der Waals surface area (Å²) in [6.45, 7) is 0.343. The Morgan fingerprint density at radius 3 is 2.60 bits per heavy atom. The first-order valence-corrected chi connectivity index (χ1v) is 2.78. The standard InChI is InChI=1S/C5H11N3O2/c1-10-3-2-4(9)8-5(6)7/h2-3H2,1H3,(H4,6,7,8,9). The number of nitrogens with two attached hydrogens (primary N) is 2. The van der Waals surface area contributed by atoms with Crippen molar-refractivity contribution in [3.05, 3.63) is 0 Å². The van der Waals surface area contributed by atoms with Crippen LogP contribution in [0.25, 0.3) is 0 Å². The average molecular weight is 145 g/mol. The molecule has 1 amide bonds. The van der Waals surface area contributed by atoms with Crippen LogP contribution in [-0.4, -0.2) is 25.6 Å². The van der Waals surface area contributed by atoms with Gasteiger partial charge in [-0.1, -0.05) is 0 Å². The van der Waals surface area contributed by atoms with Crippen LogP contribution in [0.1, 0.15) is 6.42 Å². The summed E-state index contributed by atoms with van der Waals surface area (Å²) in [4.78, 5) is 13.9. The maximum atomic E-state index is 10.6. The van der Waals surface area contributed by atoms with Crippen LogP contribution >= 0.6 is 0 Å². The van der Waals surface area contributed by atoms with E-state index < -0.39 is 0 Å². The quantitative estimate of drug-likeness (QED) is 0.386. The average Bonchev–Trinajstić information content (AvgIpc) is 1.82. The third kappa shape index (κ3) is 5.04. The molecule has 5 nitrogen and oxygen atoms in total. The van der Waals surface area contributed by atoms with Gasteiger partial charge in [-0.15, -0.1) is 0 Å². The number of ether oxygens (including phenoxy) is 1. The topological polar surface area (TPSA) is 90.7 Å². The number of hydrogen-bond donors (Lipinski definition) is 2. The summed E-state index contributed by atoms with van der Waals surface area (Å²) >= 11 is 0. The Morgan fingerprint density at radius 2 is 2.20 bits per heavy atom. The van der Waals surface area contributed by atoms with E-state index >= 15 is 0 Å². The molecule has 0 radical (unpaired) electrons. The molecule has 58 valence electrons. The van der Waals surface area contributed by atoms with E-state index in [9.17, 15) is 4.79 Å². The van der Waals surface area contributed by atoms with Gasteiger partial charge in [0.1, 0.15) is 0 Å². The van der Waals surface area contributed by atoms with Crippen LogP contribution in [0.2, 0.25) is 0 Å². The van der Waals surface area contributed by atoms with E-state index in [0.29, 0.717) is 6.61 Å². The zero-order valence-corrected chi connectivity index (χ0v) is 5.83. The Labute approximate surface area is 59.0 Å². The summed E-state index contributed by atoms with van der Waals surface area (Å²) in [7, 11) is 1.50. The number of carbonyl (C=O) groups is 1.